The quantitative estimate of drug-likeness (QED) is 0.508. The minimum absolute atomic E-state index is 0.425. The van der Waals surface area contributed by atoms with Gasteiger partial charge in [0.25, 0.3) is 0 Å². The van der Waals surface area contributed by atoms with Gasteiger partial charge in [-0.2, -0.15) is 0 Å². The van der Waals surface area contributed by atoms with Crippen molar-refractivity contribution < 1.29 is 5.11 Å². The predicted molar refractivity (Wildman–Crippen MR) is 40.7 cm³/mol. The van der Waals surface area contributed by atoms with Crippen molar-refractivity contribution in [1.82, 2.24) is 0 Å². The van der Waals surface area contributed by atoms with Crippen LogP contribution in [0.1, 0.15) is 39.0 Å². The maximum Gasteiger partial charge on any atom is 0.0831 e. The maximum absolute atomic E-state index is 9.81. The summed E-state index contributed by atoms with van der Waals surface area (Å²) >= 11 is 0. The van der Waals surface area contributed by atoms with Gasteiger partial charge in [-0.15, -0.1) is 0 Å². The van der Waals surface area contributed by atoms with Gasteiger partial charge >= 0.3 is 0 Å². The first-order valence-corrected chi connectivity index (χ1v) is 4.14. The smallest absolute Gasteiger partial charge is 0.0831 e. The topological polar surface area (TPSA) is 20.2 Å². The van der Waals surface area contributed by atoms with Crippen LogP contribution in [0.25, 0.3) is 0 Å². The molecule has 1 nitrogen and oxygen atoms in total. The second-order valence-electron chi connectivity index (χ2n) is 3.71. The van der Waals surface area contributed by atoms with Crippen LogP contribution in [-0.2, 0) is 0 Å². The van der Waals surface area contributed by atoms with Crippen LogP contribution in [0.4, 0.5) is 0 Å². The molecule has 2 rings (SSSR count). The molecule has 0 aromatic heterocycles. The first-order chi connectivity index (χ1) is 4.70. The highest BCUT2D eigenvalue weighted by atomic mass is 16.3. The molecule has 0 aromatic carbocycles. The molecular weight excluding hydrogens is 124 g/mol. The summed E-state index contributed by atoms with van der Waals surface area (Å²) in [5.74, 6) is 0. The second-order valence-corrected chi connectivity index (χ2v) is 3.71. The van der Waals surface area contributed by atoms with E-state index < -0.39 is 5.60 Å². The SMILES string of the molecule is CC1(O)CCCC1=C1CC1. The number of aliphatic hydroxyl groups is 1. The second kappa shape index (κ2) is 1.85. The largest absolute Gasteiger partial charge is 0.386 e. The van der Waals surface area contributed by atoms with E-state index in [0.717, 1.165) is 12.8 Å². The molecule has 2 saturated carbocycles. The van der Waals surface area contributed by atoms with Gasteiger partial charge in [0.15, 0.2) is 0 Å². The van der Waals surface area contributed by atoms with Crippen LogP contribution < -0.4 is 0 Å². The first-order valence-electron chi connectivity index (χ1n) is 4.14. The number of hydrogen-bond donors (Lipinski definition) is 1. The summed E-state index contributed by atoms with van der Waals surface area (Å²) in [4.78, 5) is 0. The van der Waals surface area contributed by atoms with E-state index in [0.29, 0.717) is 0 Å². The van der Waals surface area contributed by atoms with Crippen molar-refractivity contribution in [2.75, 3.05) is 0 Å². The molecule has 0 radical (unpaired) electrons. The van der Waals surface area contributed by atoms with Gasteiger partial charge < -0.3 is 5.11 Å². The molecule has 1 N–H and O–H groups in total. The van der Waals surface area contributed by atoms with E-state index in [1.54, 1.807) is 5.57 Å². The molecule has 2 fully saturated rings. The third-order valence-corrected chi connectivity index (χ3v) is 2.67. The molecule has 56 valence electrons. The van der Waals surface area contributed by atoms with E-state index in [1.807, 2.05) is 6.92 Å². The van der Waals surface area contributed by atoms with Crippen LogP contribution in [0.15, 0.2) is 11.1 Å². The van der Waals surface area contributed by atoms with Crippen LogP contribution in [0.3, 0.4) is 0 Å². The van der Waals surface area contributed by atoms with Gasteiger partial charge in [0.1, 0.15) is 0 Å². The Bertz CT molecular complexity index is 183. The Hall–Kier alpha value is -0.300. The van der Waals surface area contributed by atoms with Gasteiger partial charge in [0.05, 0.1) is 5.60 Å². The fourth-order valence-electron chi connectivity index (χ4n) is 1.95. The normalized spacial score (nSPS) is 39.0. The molecule has 0 aromatic rings. The fourth-order valence-corrected chi connectivity index (χ4v) is 1.95. The summed E-state index contributed by atoms with van der Waals surface area (Å²) < 4.78 is 0. The molecule has 0 aliphatic heterocycles. The molecule has 0 saturated heterocycles. The summed E-state index contributed by atoms with van der Waals surface area (Å²) in [5, 5.41) is 9.81. The highest BCUT2D eigenvalue weighted by Gasteiger charge is 2.35. The van der Waals surface area contributed by atoms with Crippen LogP contribution in [0.2, 0.25) is 0 Å². The number of hydrogen-bond acceptors (Lipinski definition) is 1. The molecule has 0 spiro atoms. The van der Waals surface area contributed by atoms with Gasteiger partial charge in [0, 0.05) is 0 Å². The van der Waals surface area contributed by atoms with Gasteiger partial charge in [-0.3, -0.25) is 0 Å². The fraction of sp³-hybridized carbons (Fsp3) is 0.778. The third-order valence-electron chi connectivity index (χ3n) is 2.67. The molecule has 2 aliphatic rings. The van der Waals surface area contributed by atoms with Crippen molar-refractivity contribution in [3.8, 4) is 0 Å². The van der Waals surface area contributed by atoms with Gasteiger partial charge in [-0.25, -0.2) is 0 Å². The lowest BCUT2D eigenvalue weighted by atomic mass is 9.99. The lowest BCUT2D eigenvalue weighted by Gasteiger charge is -2.17. The molecule has 1 atom stereocenters. The van der Waals surface area contributed by atoms with Crippen molar-refractivity contribution in [3.05, 3.63) is 11.1 Å². The van der Waals surface area contributed by atoms with Crippen LogP contribution in [-0.4, -0.2) is 10.7 Å². The van der Waals surface area contributed by atoms with E-state index in [2.05, 4.69) is 0 Å². The van der Waals surface area contributed by atoms with E-state index in [1.165, 1.54) is 24.8 Å². The summed E-state index contributed by atoms with van der Waals surface area (Å²) in [5.41, 5.74) is 2.49. The Balaban J connectivity index is 2.29. The predicted octanol–water partition coefficient (Wildman–Crippen LogP) is 2.01. The monoisotopic (exact) mass is 138 g/mol. The summed E-state index contributed by atoms with van der Waals surface area (Å²) in [6.45, 7) is 1.96. The number of rotatable bonds is 0. The molecule has 2 aliphatic carbocycles. The average molecular weight is 138 g/mol. The van der Waals surface area contributed by atoms with Crippen molar-refractivity contribution in [2.24, 2.45) is 0 Å². The zero-order valence-electron chi connectivity index (χ0n) is 6.48. The lowest BCUT2D eigenvalue weighted by molar-refractivity contribution is 0.105. The Morgan fingerprint density at radius 3 is 2.40 bits per heavy atom. The Labute approximate surface area is 61.8 Å². The number of allylic oxidation sites excluding steroid dienone is 1. The summed E-state index contributed by atoms with van der Waals surface area (Å²) in [6.07, 6.45) is 5.83. The van der Waals surface area contributed by atoms with E-state index in [4.69, 9.17) is 0 Å². The van der Waals surface area contributed by atoms with Crippen LogP contribution in [0.5, 0.6) is 0 Å². The van der Waals surface area contributed by atoms with Gasteiger partial charge in [-0.05, 0) is 44.6 Å². The highest BCUT2D eigenvalue weighted by Crippen LogP contribution is 2.44. The summed E-state index contributed by atoms with van der Waals surface area (Å²) in [6, 6.07) is 0. The van der Waals surface area contributed by atoms with Crippen molar-refractivity contribution in [1.29, 1.82) is 0 Å². The van der Waals surface area contributed by atoms with Crippen LogP contribution in [0, 0.1) is 0 Å². The lowest BCUT2D eigenvalue weighted by Crippen LogP contribution is -2.20. The van der Waals surface area contributed by atoms with Crippen LogP contribution >= 0.6 is 0 Å². The zero-order valence-corrected chi connectivity index (χ0v) is 6.48. The van der Waals surface area contributed by atoms with Gasteiger partial charge in [0.2, 0.25) is 0 Å². The standard InChI is InChI=1S/C9H14O/c1-9(10)6-2-3-8(9)7-4-5-7/h10H,2-6H2,1H3. The highest BCUT2D eigenvalue weighted by molar-refractivity contribution is 5.33. The average Bonchev–Trinajstić information content (AvgIpc) is 2.58. The maximum atomic E-state index is 9.81. The minimum Gasteiger partial charge on any atom is -0.386 e. The zero-order chi connectivity index (χ0) is 7.19. The first kappa shape index (κ1) is 6.41. The molecule has 10 heavy (non-hydrogen) atoms. The van der Waals surface area contributed by atoms with E-state index in [-0.39, 0.29) is 0 Å². The Morgan fingerprint density at radius 1 is 1.30 bits per heavy atom. The Kier molecular flexibility index (Phi) is 1.19. The molecule has 0 heterocycles. The van der Waals surface area contributed by atoms with Crippen molar-refractivity contribution >= 4 is 0 Å². The third kappa shape index (κ3) is 0.891. The van der Waals surface area contributed by atoms with E-state index in [9.17, 15) is 5.11 Å². The molecule has 0 bridgehead atoms. The van der Waals surface area contributed by atoms with Gasteiger partial charge in [-0.1, -0.05) is 5.57 Å². The molecular formula is C9H14O. The van der Waals surface area contributed by atoms with Crippen molar-refractivity contribution in [2.45, 2.75) is 44.6 Å². The summed E-state index contributed by atoms with van der Waals surface area (Å²) in [7, 11) is 0. The molecule has 1 unspecified atom stereocenters. The van der Waals surface area contributed by atoms with E-state index >= 15 is 0 Å². The van der Waals surface area contributed by atoms with Crippen molar-refractivity contribution in [3.63, 3.8) is 0 Å². The Morgan fingerprint density at radius 2 is 2.00 bits per heavy atom. The molecule has 0 amide bonds. The minimum atomic E-state index is -0.425. The molecule has 1 heteroatoms.